The van der Waals surface area contributed by atoms with Gasteiger partial charge in [-0.15, -0.1) is 0 Å². The standard InChI is InChI=1S/C19H20FN5O5S/c1-11-12(2)30-9-8-24(11)19-18(25(26)27)17(22-13(3)23-19)16(10-21)31(28,29)15-7-5-4-6-14(15)20/h4-7,11-12,16H,8-9H2,1-3H3. The number of halogens is 1. The van der Waals surface area contributed by atoms with Gasteiger partial charge in [-0.1, -0.05) is 12.1 Å². The van der Waals surface area contributed by atoms with Crippen LogP contribution < -0.4 is 4.90 Å². The Morgan fingerprint density at radius 1 is 1.35 bits per heavy atom. The summed E-state index contributed by atoms with van der Waals surface area (Å²) in [6, 6.07) is 5.79. The molecule has 2 heterocycles. The minimum absolute atomic E-state index is 0.0472. The Bertz CT molecular complexity index is 1170. The first-order chi connectivity index (χ1) is 14.6. The zero-order valence-electron chi connectivity index (χ0n) is 17.0. The number of hydrogen-bond acceptors (Lipinski definition) is 9. The van der Waals surface area contributed by atoms with E-state index in [1.807, 2.05) is 0 Å². The van der Waals surface area contributed by atoms with Crippen molar-refractivity contribution in [3.8, 4) is 6.07 Å². The van der Waals surface area contributed by atoms with Crippen LogP contribution in [0, 0.1) is 34.2 Å². The zero-order chi connectivity index (χ0) is 22.9. The SMILES string of the molecule is Cc1nc(C(C#N)S(=O)(=O)c2ccccc2F)c([N+](=O)[O-])c(N2CCOC(C)C2C)n1. The van der Waals surface area contributed by atoms with Crippen LogP contribution >= 0.6 is 0 Å². The number of rotatable bonds is 5. The van der Waals surface area contributed by atoms with E-state index in [0.717, 1.165) is 12.1 Å². The molecule has 1 aromatic heterocycles. The van der Waals surface area contributed by atoms with Crippen LogP contribution in [0.5, 0.6) is 0 Å². The maximum absolute atomic E-state index is 14.2. The first-order valence-corrected chi connectivity index (χ1v) is 10.9. The summed E-state index contributed by atoms with van der Waals surface area (Å²) in [7, 11) is -4.65. The van der Waals surface area contributed by atoms with Crippen molar-refractivity contribution in [3.63, 3.8) is 0 Å². The van der Waals surface area contributed by atoms with Gasteiger partial charge in [-0.3, -0.25) is 10.1 Å². The van der Waals surface area contributed by atoms with E-state index in [4.69, 9.17) is 4.74 Å². The average Bonchev–Trinajstić information content (AvgIpc) is 2.70. The van der Waals surface area contributed by atoms with E-state index in [0.29, 0.717) is 0 Å². The van der Waals surface area contributed by atoms with Gasteiger partial charge in [0.05, 0.1) is 29.7 Å². The molecular formula is C19H20FN5O5S. The molecule has 3 unspecified atom stereocenters. The normalized spacial score (nSPS) is 20.2. The van der Waals surface area contributed by atoms with Gasteiger partial charge in [0.15, 0.2) is 5.69 Å². The number of hydrogen-bond donors (Lipinski definition) is 0. The van der Waals surface area contributed by atoms with Gasteiger partial charge >= 0.3 is 5.69 Å². The second-order valence-corrected chi connectivity index (χ2v) is 9.08. The Labute approximate surface area is 178 Å². The molecule has 0 bridgehead atoms. The van der Waals surface area contributed by atoms with Crippen molar-refractivity contribution < 1.29 is 22.5 Å². The number of aromatic nitrogens is 2. The highest BCUT2D eigenvalue weighted by Gasteiger charge is 2.42. The topological polar surface area (TPSA) is 139 Å². The van der Waals surface area contributed by atoms with Crippen molar-refractivity contribution in [1.29, 1.82) is 5.26 Å². The second-order valence-electron chi connectivity index (χ2n) is 7.08. The molecule has 1 aromatic carbocycles. The Kier molecular flexibility index (Phi) is 6.19. The lowest BCUT2D eigenvalue weighted by atomic mass is 10.1. The zero-order valence-corrected chi connectivity index (χ0v) is 17.8. The lowest BCUT2D eigenvalue weighted by molar-refractivity contribution is -0.385. The molecule has 2 aromatic rings. The molecule has 0 N–H and O–H groups in total. The van der Waals surface area contributed by atoms with Crippen molar-refractivity contribution in [1.82, 2.24) is 9.97 Å². The Morgan fingerprint density at radius 3 is 2.65 bits per heavy atom. The van der Waals surface area contributed by atoms with E-state index in [9.17, 15) is 28.2 Å². The summed E-state index contributed by atoms with van der Waals surface area (Å²) < 4.78 is 46.0. The summed E-state index contributed by atoms with van der Waals surface area (Å²) in [5.74, 6) is -1.11. The van der Waals surface area contributed by atoms with Crippen LogP contribution in [-0.4, -0.2) is 48.6 Å². The molecule has 164 valence electrons. The highest BCUT2D eigenvalue weighted by molar-refractivity contribution is 7.92. The molecule has 3 rings (SSSR count). The first-order valence-electron chi connectivity index (χ1n) is 9.38. The summed E-state index contributed by atoms with van der Waals surface area (Å²) in [6.45, 7) is 5.60. The number of sulfone groups is 1. The third kappa shape index (κ3) is 4.06. The van der Waals surface area contributed by atoms with E-state index in [1.165, 1.54) is 19.1 Å². The molecule has 10 nitrogen and oxygen atoms in total. The van der Waals surface area contributed by atoms with Crippen LogP contribution in [-0.2, 0) is 14.6 Å². The van der Waals surface area contributed by atoms with Crippen molar-refractivity contribution in [2.75, 3.05) is 18.1 Å². The summed E-state index contributed by atoms with van der Waals surface area (Å²) in [5, 5.41) is 19.6. The van der Waals surface area contributed by atoms with E-state index >= 15 is 0 Å². The summed E-state index contributed by atoms with van der Waals surface area (Å²) in [6.07, 6.45) is -0.263. The molecule has 0 amide bonds. The molecule has 0 radical (unpaired) electrons. The van der Waals surface area contributed by atoms with Crippen LogP contribution in [0.2, 0.25) is 0 Å². The van der Waals surface area contributed by atoms with Crippen molar-refractivity contribution in [2.45, 2.75) is 43.1 Å². The number of benzene rings is 1. The molecule has 0 aliphatic carbocycles. The molecule has 0 spiro atoms. The van der Waals surface area contributed by atoms with Crippen LogP contribution in [0.15, 0.2) is 29.2 Å². The highest BCUT2D eigenvalue weighted by Crippen LogP contribution is 2.39. The van der Waals surface area contributed by atoms with E-state index < -0.39 is 42.1 Å². The largest absolute Gasteiger partial charge is 0.375 e. The van der Waals surface area contributed by atoms with E-state index in [2.05, 4.69) is 9.97 Å². The Balaban J connectivity index is 2.25. The number of morpholine rings is 1. The lowest BCUT2D eigenvalue weighted by Gasteiger charge is -2.38. The molecule has 1 aliphatic heterocycles. The lowest BCUT2D eigenvalue weighted by Crippen LogP contribution is -2.49. The number of nitriles is 1. The smallest absolute Gasteiger partial charge is 0.335 e. The van der Waals surface area contributed by atoms with Gasteiger partial charge in [-0.25, -0.2) is 22.8 Å². The third-order valence-electron chi connectivity index (χ3n) is 5.16. The number of anilines is 1. The molecular weight excluding hydrogens is 429 g/mol. The van der Waals surface area contributed by atoms with Gasteiger partial charge in [-0.2, -0.15) is 5.26 Å². The Hall–Kier alpha value is -3.17. The van der Waals surface area contributed by atoms with Crippen molar-refractivity contribution in [3.05, 3.63) is 51.7 Å². The van der Waals surface area contributed by atoms with Crippen molar-refractivity contribution in [2.24, 2.45) is 0 Å². The third-order valence-corrected chi connectivity index (χ3v) is 7.06. The minimum Gasteiger partial charge on any atom is -0.375 e. The maximum Gasteiger partial charge on any atom is 0.335 e. The molecule has 3 atom stereocenters. The van der Waals surface area contributed by atoms with Crippen LogP contribution in [0.3, 0.4) is 0 Å². The minimum atomic E-state index is -4.65. The monoisotopic (exact) mass is 449 g/mol. The average molecular weight is 449 g/mol. The quantitative estimate of drug-likeness (QED) is 0.497. The molecule has 31 heavy (non-hydrogen) atoms. The Morgan fingerprint density at radius 2 is 2.03 bits per heavy atom. The van der Waals surface area contributed by atoms with E-state index in [1.54, 1.807) is 24.8 Å². The summed E-state index contributed by atoms with van der Waals surface area (Å²) in [5.41, 5.74) is -1.29. The fourth-order valence-corrected chi connectivity index (χ4v) is 4.90. The summed E-state index contributed by atoms with van der Waals surface area (Å²) in [4.78, 5) is 20.3. The number of nitrogens with zero attached hydrogens (tertiary/aromatic N) is 5. The predicted octanol–water partition coefficient (Wildman–Crippen LogP) is 2.48. The number of nitro groups is 1. The molecule has 1 aliphatic rings. The van der Waals surface area contributed by atoms with Crippen molar-refractivity contribution >= 4 is 21.3 Å². The van der Waals surface area contributed by atoms with Gasteiger partial charge in [0.1, 0.15) is 16.5 Å². The van der Waals surface area contributed by atoms with Gasteiger partial charge < -0.3 is 9.64 Å². The molecule has 0 saturated carbocycles. The molecule has 1 saturated heterocycles. The molecule has 12 heteroatoms. The van der Waals surface area contributed by atoms with Crippen LogP contribution in [0.4, 0.5) is 15.9 Å². The van der Waals surface area contributed by atoms with Gasteiger partial charge in [-0.05, 0) is 32.9 Å². The highest BCUT2D eigenvalue weighted by atomic mass is 32.2. The number of aryl methyl sites for hydroxylation is 1. The predicted molar refractivity (Wildman–Crippen MR) is 108 cm³/mol. The fourth-order valence-electron chi connectivity index (χ4n) is 3.44. The first kappa shape index (κ1) is 22.5. The molecule has 1 fully saturated rings. The van der Waals surface area contributed by atoms with E-state index in [-0.39, 0.29) is 36.9 Å². The second kappa shape index (κ2) is 8.52. The van der Waals surface area contributed by atoms with Crippen LogP contribution in [0.25, 0.3) is 0 Å². The van der Waals surface area contributed by atoms with Gasteiger partial charge in [0, 0.05) is 6.54 Å². The number of ether oxygens (including phenoxy) is 1. The van der Waals surface area contributed by atoms with Crippen LogP contribution in [0.1, 0.15) is 30.6 Å². The van der Waals surface area contributed by atoms with Gasteiger partial charge in [0.2, 0.25) is 20.9 Å². The summed E-state index contributed by atoms with van der Waals surface area (Å²) >= 11 is 0. The van der Waals surface area contributed by atoms with Gasteiger partial charge in [0.25, 0.3) is 0 Å². The fraction of sp³-hybridized carbons (Fsp3) is 0.421. The maximum atomic E-state index is 14.2.